The van der Waals surface area contributed by atoms with E-state index in [9.17, 15) is 12.8 Å². The molecule has 0 aliphatic carbocycles. The van der Waals surface area contributed by atoms with Crippen molar-refractivity contribution in [3.63, 3.8) is 0 Å². The van der Waals surface area contributed by atoms with Gasteiger partial charge in [-0.05, 0) is 43.2 Å². The van der Waals surface area contributed by atoms with E-state index in [0.29, 0.717) is 37.7 Å². The van der Waals surface area contributed by atoms with Crippen LogP contribution in [0.25, 0.3) is 0 Å². The van der Waals surface area contributed by atoms with Crippen molar-refractivity contribution < 1.29 is 17.5 Å². The summed E-state index contributed by atoms with van der Waals surface area (Å²) in [6.07, 6.45) is 1.34. The molecule has 1 unspecified atom stereocenters. The molecule has 1 aliphatic heterocycles. The van der Waals surface area contributed by atoms with E-state index in [1.807, 2.05) is 13.0 Å². The number of halogens is 1. The maximum absolute atomic E-state index is 13.7. The van der Waals surface area contributed by atoms with Gasteiger partial charge in [0, 0.05) is 19.3 Å². The van der Waals surface area contributed by atoms with Crippen LogP contribution in [-0.2, 0) is 14.8 Å². The second-order valence-electron chi connectivity index (χ2n) is 6.27. The van der Waals surface area contributed by atoms with Gasteiger partial charge in [-0.2, -0.15) is 4.31 Å². The summed E-state index contributed by atoms with van der Waals surface area (Å²) in [5, 5.41) is 3.16. The summed E-state index contributed by atoms with van der Waals surface area (Å²) < 4.78 is 45.5. The number of rotatable bonds is 5. The van der Waals surface area contributed by atoms with Gasteiger partial charge in [-0.15, -0.1) is 0 Å². The first-order valence-corrected chi connectivity index (χ1v) is 9.88. The van der Waals surface area contributed by atoms with Gasteiger partial charge in [-0.25, -0.2) is 17.8 Å². The Morgan fingerprint density at radius 1 is 1.23 bits per heavy atom. The summed E-state index contributed by atoms with van der Waals surface area (Å²) in [7, 11) is -3.56. The average Bonchev–Trinajstić information content (AvgIpc) is 2.65. The molecule has 0 bridgehead atoms. The molecule has 2 aromatic rings. The normalized spacial score (nSPS) is 17.0. The quantitative estimate of drug-likeness (QED) is 0.865. The Kier molecular flexibility index (Phi) is 5.55. The third-order valence-corrected chi connectivity index (χ3v) is 6.29. The molecule has 1 N–H and O–H groups in total. The molecule has 1 aromatic carbocycles. The Bertz CT molecular complexity index is 866. The lowest BCUT2D eigenvalue weighted by molar-refractivity contribution is 0.0730. The number of nitrogens with zero attached hydrogens (tertiary/aromatic N) is 2. The molecule has 0 spiro atoms. The van der Waals surface area contributed by atoms with Crippen molar-refractivity contribution in [1.82, 2.24) is 9.29 Å². The molecule has 3 rings (SSSR count). The third-order valence-electron chi connectivity index (χ3n) is 4.40. The van der Waals surface area contributed by atoms with Gasteiger partial charge in [0.05, 0.1) is 19.3 Å². The molecular weight excluding hydrogens is 357 g/mol. The minimum Gasteiger partial charge on any atom is -0.379 e. The van der Waals surface area contributed by atoms with Gasteiger partial charge in [0.15, 0.2) is 0 Å². The van der Waals surface area contributed by atoms with Crippen LogP contribution in [0.2, 0.25) is 0 Å². The standard InChI is InChI=1S/C18H22FN3O3S/c1-13-3-4-15(11-17(13)19)14(2)21-18-6-5-16(12-20-18)26(23,24)22-7-9-25-10-8-22/h3-6,11-12,14H,7-10H2,1-2H3,(H,20,21). The highest BCUT2D eigenvalue weighted by molar-refractivity contribution is 7.89. The predicted molar refractivity (Wildman–Crippen MR) is 97.0 cm³/mol. The van der Waals surface area contributed by atoms with Crippen molar-refractivity contribution in [3.8, 4) is 0 Å². The number of sulfonamides is 1. The summed E-state index contributed by atoms with van der Waals surface area (Å²) in [6, 6.07) is 8.06. The molecule has 0 radical (unpaired) electrons. The highest BCUT2D eigenvalue weighted by Crippen LogP contribution is 2.22. The highest BCUT2D eigenvalue weighted by Gasteiger charge is 2.26. The Balaban J connectivity index is 1.71. The van der Waals surface area contributed by atoms with Crippen LogP contribution in [0.3, 0.4) is 0 Å². The SMILES string of the molecule is Cc1ccc(C(C)Nc2ccc(S(=O)(=O)N3CCOCC3)cn2)cc1F. The minimum absolute atomic E-state index is 0.152. The average molecular weight is 379 g/mol. The lowest BCUT2D eigenvalue weighted by Gasteiger charge is -2.26. The van der Waals surface area contributed by atoms with E-state index in [4.69, 9.17) is 4.74 Å². The molecule has 0 amide bonds. The molecule has 6 nitrogen and oxygen atoms in total. The predicted octanol–water partition coefficient (Wildman–Crippen LogP) is 2.72. The number of anilines is 1. The summed E-state index contributed by atoms with van der Waals surface area (Å²) in [6.45, 7) is 5.10. The van der Waals surface area contributed by atoms with Crippen molar-refractivity contribution in [2.45, 2.75) is 24.8 Å². The fourth-order valence-electron chi connectivity index (χ4n) is 2.74. The van der Waals surface area contributed by atoms with Crippen molar-refractivity contribution in [1.29, 1.82) is 0 Å². The summed E-state index contributed by atoms with van der Waals surface area (Å²) in [5.74, 6) is 0.274. The molecule has 8 heteroatoms. The molecular formula is C18H22FN3O3S. The van der Waals surface area contributed by atoms with Crippen LogP contribution in [0.1, 0.15) is 24.1 Å². The van der Waals surface area contributed by atoms with Gasteiger partial charge in [0.25, 0.3) is 0 Å². The second kappa shape index (κ2) is 7.69. The van der Waals surface area contributed by atoms with Gasteiger partial charge in [0.2, 0.25) is 10.0 Å². The fraction of sp³-hybridized carbons (Fsp3) is 0.389. The molecule has 1 saturated heterocycles. The Hall–Kier alpha value is -2.03. The van der Waals surface area contributed by atoms with Crippen molar-refractivity contribution >= 4 is 15.8 Å². The van der Waals surface area contributed by atoms with E-state index in [1.165, 1.54) is 22.6 Å². The van der Waals surface area contributed by atoms with E-state index < -0.39 is 10.0 Å². The number of morpholine rings is 1. The number of ether oxygens (including phenoxy) is 1. The van der Waals surface area contributed by atoms with Crippen molar-refractivity contribution in [2.24, 2.45) is 0 Å². The largest absolute Gasteiger partial charge is 0.379 e. The smallest absolute Gasteiger partial charge is 0.244 e. The molecule has 2 heterocycles. The van der Waals surface area contributed by atoms with E-state index in [-0.39, 0.29) is 16.8 Å². The number of aryl methyl sites for hydroxylation is 1. The van der Waals surface area contributed by atoms with Gasteiger partial charge in [-0.1, -0.05) is 12.1 Å². The Morgan fingerprint density at radius 2 is 1.96 bits per heavy atom. The van der Waals surface area contributed by atoms with E-state index in [2.05, 4.69) is 10.3 Å². The topological polar surface area (TPSA) is 71.5 Å². The highest BCUT2D eigenvalue weighted by atomic mass is 32.2. The van der Waals surface area contributed by atoms with Crippen molar-refractivity contribution in [2.75, 3.05) is 31.6 Å². The molecule has 1 atom stereocenters. The molecule has 140 valence electrons. The van der Waals surface area contributed by atoms with Gasteiger partial charge >= 0.3 is 0 Å². The van der Waals surface area contributed by atoms with Gasteiger partial charge in [0.1, 0.15) is 16.5 Å². The van der Waals surface area contributed by atoms with Gasteiger partial charge < -0.3 is 10.1 Å². The van der Waals surface area contributed by atoms with Crippen LogP contribution in [0.5, 0.6) is 0 Å². The summed E-state index contributed by atoms with van der Waals surface area (Å²) in [5.41, 5.74) is 1.39. The lowest BCUT2D eigenvalue weighted by atomic mass is 10.1. The van der Waals surface area contributed by atoms with E-state index in [0.717, 1.165) is 5.56 Å². The molecule has 1 fully saturated rings. The number of nitrogens with one attached hydrogen (secondary N) is 1. The van der Waals surface area contributed by atoms with Crippen LogP contribution >= 0.6 is 0 Å². The van der Waals surface area contributed by atoms with E-state index >= 15 is 0 Å². The Labute approximate surface area is 153 Å². The van der Waals surface area contributed by atoms with Gasteiger partial charge in [-0.3, -0.25) is 0 Å². The maximum atomic E-state index is 13.7. The third kappa shape index (κ3) is 4.03. The molecule has 26 heavy (non-hydrogen) atoms. The van der Waals surface area contributed by atoms with Crippen LogP contribution in [0.15, 0.2) is 41.4 Å². The number of aromatic nitrogens is 1. The first-order valence-electron chi connectivity index (χ1n) is 8.44. The lowest BCUT2D eigenvalue weighted by Crippen LogP contribution is -2.40. The van der Waals surface area contributed by atoms with Crippen LogP contribution < -0.4 is 5.32 Å². The second-order valence-corrected chi connectivity index (χ2v) is 8.21. The zero-order valence-electron chi connectivity index (χ0n) is 14.8. The fourth-order valence-corrected chi connectivity index (χ4v) is 4.09. The van der Waals surface area contributed by atoms with Crippen molar-refractivity contribution in [3.05, 3.63) is 53.5 Å². The summed E-state index contributed by atoms with van der Waals surface area (Å²) in [4.78, 5) is 4.36. The molecule has 1 aliphatic rings. The van der Waals surface area contributed by atoms with Crippen LogP contribution in [0.4, 0.5) is 10.2 Å². The number of pyridine rings is 1. The molecule has 1 aromatic heterocycles. The zero-order valence-corrected chi connectivity index (χ0v) is 15.6. The van der Waals surface area contributed by atoms with Crippen LogP contribution in [-0.4, -0.2) is 44.0 Å². The first kappa shape index (κ1) is 18.8. The Morgan fingerprint density at radius 3 is 2.58 bits per heavy atom. The maximum Gasteiger partial charge on any atom is 0.244 e. The van der Waals surface area contributed by atoms with E-state index in [1.54, 1.807) is 19.1 Å². The number of benzene rings is 1. The monoisotopic (exact) mass is 379 g/mol. The summed E-state index contributed by atoms with van der Waals surface area (Å²) >= 11 is 0. The first-order chi connectivity index (χ1) is 12.4. The number of hydrogen-bond donors (Lipinski definition) is 1. The van der Waals surface area contributed by atoms with Crippen LogP contribution in [0, 0.1) is 12.7 Å². The molecule has 0 saturated carbocycles. The minimum atomic E-state index is -3.56. The number of hydrogen-bond acceptors (Lipinski definition) is 5. The zero-order chi connectivity index (χ0) is 18.7.